The average molecular weight is 242 g/mol. The standard InChI is InChI=1S/C14H30N2O/c1-13(2)11-9-7-5-3-4-6-8-10-12-16-14(15)17/h13H,3-12H2,1-2H3,(H3,15,16,17). The monoisotopic (exact) mass is 242 g/mol. The van der Waals surface area contributed by atoms with E-state index in [-0.39, 0.29) is 0 Å². The molecule has 0 aliphatic carbocycles. The van der Waals surface area contributed by atoms with Gasteiger partial charge in [-0.25, -0.2) is 4.79 Å². The van der Waals surface area contributed by atoms with Crippen molar-refractivity contribution in [2.24, 2.45) is 11.7 Å². The molecule has 3 nitrogen and oxygen atoms in total. The number of hydrogen-bond donors (Lipinski definition) is 2. The van der Waals surface area contributed by atoms with E-state index in [2.05, 4.69) is 19.2 Å². The Morgan fingerprint density at radius 2 is 1.41 bits per heavy atom. The summed E-state index contributed by atoms with van der Waals surface area (Å²) in [6, 6.07) is -0.407. The van der Waals surface area contributed by atoms with Crippen molar-refractivity contribution in [1.82, 2.24) is 5.32 Å². The molecule has 0 saturated carbocycles. The van der Waals surface area contributed by atoms with Gasteiger partial charge in [0, 0.05) is 6.54 Å². The summed E-state index contributed by atoms with van der Waals surface area (Å²) >= 11 is 0. The van der Waals surface area contributed by atoms with Crippen molar-refractivity contribution in [3.8, 4) is 0 Å². The highest BCUT2D eigenvalue weighted by molar-refractivity contribution is 5.71. The Hall–Kier alpha value is -0.730. The summed E-state index contributed by atoms with van der Waals surface area (Å²) in [6.45, 7) is 5.31. The fourth-order valence-electron chi connectivity index (χ4n) is 1.95. The second-order valence-electron chi connectivity index (χ2n) is 5.30. The molecule has 0 rings (SSSR count). The van der Waals surface area contributed by atoms with Crippen LogP contribution in [0.4, 0.5) is 4.79 Å². The zero-order valence-electron chi connectivity index (χ0n) is 11.6. The number of amides is 2. The molecular weight excluding hydrogens is 212 g/mol. The van der Waals surface area contributed by atoms with Gasteiger partial charge in [0.25, 0.3) is 0 Å². The fraction of sp³-hybridized carbons (Fsp3) is 0.929. The van der Waals surface area contributed by atoms with Crippen molar-refractivity contribution < 1.29 is 4.79 Å². The Morgan fingerprint density at radius 1 is 0.941 bits per heavy atom. The largest absolute Gasteiger partial charge is 0.352 e. The van der Waals surface area contributed by atoms with Crippen molar-refractivity contribution in [1.29, 1.82) is 0 Å². The molecule has 3 heteroatoms. The fourth-order valence-corrected chi connectivity index (χ4v) is 1.95. The number of primary amides is 1. The predicted octanol–water partition coefficient (Wildman–Crippen LogP) is 3.82. The van der Waals surface area contributed by atoms with Crippen LogP contribution < -0.4 is 11.1 Å². The van der Waals surface area contributed by atoms with Gasteiger partial charge in [-0.3, -0.25) is 0 Å². The van der Waals surface area contributed by atoms with E-state index in [1.54, 1.807) is 0 Å². The van der Waals surface area contributed by atoms with Crippen molar-refractivity contribution in [2.45, 2.75) is 71.6 Å². The number of unbranched alkanes of at least 4 members (excludes halogenated alkanes) is 7. The van der Waals surface area contributed by atoms with Gasteiger partial charge in [0.1, 0.15) is 0 Å². The number of hydrogen-bond acceptors (Lipinski definition) is 1. The second-order valence-corrected chi connectivity index (χ2v) is 5.30. The normalized spacial score (nSPS) is 10.8. The first-order valence-corrected chi connectivity index (χ1v) is 7.16. The first kappa shape index (κ1) is 16.3. The maximum absolute atomic E-state index is 10.4. The van der Waals surface area contributed by atoms with Gasteiger partial charge in [0.15, 0.2) is 0 Å². The summed E-state index contributed by atoms with van der Waals surface area (Å²) in [6.07, 6.45) is 11.8. The average Bonchev–Trinajstić information content (AvgIpc) is 2.25. The molecule has 0 atom stereocenters. The Bertz CT molecular complexity index is 181. The summed E-state index contributed by atoms with van der Waals surface area (Å²) < 4.78 is 0. The van der Waals surface area contributed by atoms with Crippen molar-refractivity contribution in [3.63, 3.8) is 0 Å². The lowest BCUT2D eigenvalue weighted by Crippen LogP contribution is -2.29. The molecule has 0 aromatic heterocycles. The number of nitrogens with one attached hydrogen (secondary N) is 1. The summed E-state index contributed by atoms with van der Waals surface area (Å²) in [5, 5.41) is 2.61. The number of carbonyl (C=O) groups is 1. The molecule has 17 heavy (non-hydrogen) atoms. The molecule has 0 saturated heterocycles. The topological polar surface area (TPSA) is 55.1 Å². The Kier molecular flexibility index (Phi) is 11.2. The lowest BCUT2D eigenvalue weighted by Gasteiger charge is -2.04. The molecule has 0 heterocycles. The Balaban J connectivity index is 2.96. The van der Waals surface area contributed by atoms with E-state index in [9.17, 15) is 4.79 Å². The van der Waals surface area contributed by atoms with Gasteiger partial charge in [0.05, 0.1) is 0 Å². The molecular formula is C14H30N2O. The van der Waals surface area contributed by atoms with Gasteiger partial charge in [-0.2, -0.15) is 0 Å². The third-order valence-corrected chi connectivity index (χ3v) is 3.01. The van der Waals surface area contributed by atoms with Crippen LogP contribution in [-0.2, 0) is 0 Å². The van der Waals surface area contributed by atoms with Crippen LogP contribution in [0.5, 0.6) is 0 Å². The number of urea groups is 1. The molecule has 0 unspecified atom stereocenters. The van der Waals surface area contributed by atoms with Crippen molar-refractivity contribution in [3.05, 3.63) is 0 Å². The molecule has 0 spiro atoms. The van der Waals surface area contributed by atoms with Gasteiger partial charge in [-0.05, 0) is 12.3 Å². The molecule has 2 amide bonds. The van der Waals surface area contributed by atoms with Crippen molar-refractivity contribution >= 4 is 6.03 Å². The van der Waals surface area contributed by atoms with Gasteiger partial charge in [-0.15, -0.1) is 0 Å². The van der Waals surface area contributed by atoms with Gasteiger partial charge >= 0.3 is 6.03 Å². The van der Waals surface area contributed by atoms with E-state index in [1.807, 2.05) is 0 Å². The van der Waals surface area contributed by atoms with Crippen LogP contribution in [0, 0.1) is 5.92 Å². The molecule has 0 aromatic carbocycles. The Labute approximate surface area is 107 Å². The van der Waals surface area contributed by atoms with Gasteiger partial charge in [0.2, 0.25) is 0 Å². The zero-order chi connectivity index (χ0) is 12.9. The number of nitrogens with two attached hydrogens (primary N) is 1. The molecule has 3 N–H and O–H groups in total. The summed E-state index contributed by atoms with van der Waals surface area (Å²) in [7, 11) is 0. The SMILES string of the molecule is CC(C)CCCCCCCCCCNC(N)=O. The third-order valence-electron chi connectivity index (χ3n) is 3.01. The summed E-state index contributed by atoms with van der Waals surface area (Å²) in [4.78, 5) is 10.4. The van der Waals surface area contributed by atoms with Crippen LogP contribution in [0.1, 0.15) is 71.6 Å². The van der Waals surface area contributed by atoms with Gasteiger partial charge < -0.3 is 11.1 Å². The van der Waals surface area contributed by atoms with E-state index >= 15 is 0 Å². The maximum Gasteiger partial charge on any atom is 0.312 e. The highest BCUT2D eigenvalue weighted by Crippen LogP contribution is 2.12. The van der Waals surface area contributed by atoms with E-state index < -0.39 is 6.03 Å². The lowest BCUT2D eigenvalue weighted by molar-refractivity contribution is 0.248. The highest BCUT2D eigenvalue weighted by atomic mass is 16.2. The number of carbonyl (C=O) groups excluding carboxylic acids is 1. The smallest absolute Gasteiger partial charge is 0.312 e. The maximum atomic E-state index is 10.4. The summed E-state index contributed by atoms with van der Waals surface area (Å²) in [5.74, 6) is 0.854. The minimum atomic E-state index is -0.407. The molecule has 0 fully saturated rings. The quantitative estimate of drug-likeness (QED) is 0.532. The zero-order valence-corrected chi connectivity index (χ0v) is 11.6. The van der Waals surface area contributed by atoms with E-state index in [1.165, 1.54) is 51.4 Å². The van der Waals surface area contributed by atoms with Crippen LogP contribution in [0.3, 0.4) is 0 Å². The molecule has 0 bridgehead atoms. The molecule has 0 aliphatic heterocycles. The highest BCUT2D eigenvalue weighted by Gasteiger charge is 1.95. The van der Waals surface area contributed by atoms with Crippen LogP contribution >= 0.6 is 0 Å². The first-order valence-electron chi connectivity index (χ1n) is 7.16. The molecule has 102 valence electrons. The summed E-state index contributed by atoms with van der Waals surface area (Å²) in [5.41, 5.74) is 4.97. The van der Waals surface area contributed by atoms with Gasteiger partial charge in [-0.1, -0.05) is 65.2 Å². The second kappa shape index (κ2) is 11.7. The van der Waals surface area contributed by atoms with Crippen LogP contribution in [0.15, 0.2) is 0 Å². The minimum Gasteiger partial charge on any atom is -0.352 e. The van der Waals surface area contributed by atoms with Crippen LogP contribution in [0.25, 0.3) is 0 Å². The number of rotatable bonds is 11. The molecule has 0 aromatic rings. The minimum absolute atomic E-state index is 0.407. The first-order chi connectivity index (χ1) is 8.13. The van der Waals surface area contributed by atoms with E-state index in [4.69, 9.17) is 5.73 Å². The molecule has 0 radical (unpaired) electrons. The lowest BCUT2D eigenvalue weighted by atomic mass is 10.0. The Morgan fingerprint density at radius 3 is 1.88 bits per heavy atom. The molecule has 0 aliphatic rings. The van der Waals surface area contributed by atoms with Crippen molar-refractivity contribution in [2.75, 3.05) is 6.54 Å². The third kappa shape index (κ3) is 15.3. The van der Waals surface area contributed by atoms with Crippen LogP contribution in [-0.4, -0.2) is 12.6 Å². The van der Waals surface area contributed by atoms with Crippen LogP contribution in [0.2, 0.25) is 0 Å². The van der Waals surface area contributed by atoms with E-state index in [0.717, 1.165) is 18.9 Å². The predicted molar refractivity (Wildman–Crippen MR) is 74.0 cm³/mol. The van der Waals surface area contributed by atoms with E-state index in [0.29, 0.717) is 0 Å².